The molecule has 1 heterocycles. The lowest BCUT2D eigenvalue weighted by molar-refractivity contribution is 0.208. The van der Waals surface area contributed by atoms with Crippen LogP contribution in [0, 0.1) is 0 Å². The monoisotopic (exact) mass is 197 g/mol. The fourth-order valence-corrected chi connectivity index (χ4v) is 1.01. The second-order valence-electron chi connectivity index (χ2n) is 2.77. The van der Waals surface area contributed by atoms with Crippen molar-refractivity contribution in [2.75, 3.05) is 20.3 Å². The number of rotatable bonds is 4. The van der Waals surface area contributed by atoms with E-state index in [-0.39, 0.29) is 0 Å². The van der Waals surface area contributed by atoms with E-state index in [2.05, 4.69) is 15.5 Å². The van der Waals surface area contributed by atoms with E-state index < -0.39 is 0 Å². The quantitative estimate of drug-likeness (QED) is 0.219. The summed E-state index contributed by atoms with van der Waals surface area (Å²) >= 11 is 0. The molecule has 1 aromatic heterocycles. The molecule has 14 heavy (non-hydrogen) atoms. The molecule has 0 aromatic carbocycles. The zero-order valence-electron chi connectivity index (χ0n) is 8.40. The number of hydrazine groups is 1. The number of ether oxygens (including phenoxy) is 1. The van der Waals surface area contributed by atoms with Crippen molar-refractivity contribution >= 4 is 5.84 Å². The van der Waals surface area contributed by atoms with Gasteiger partial charge in [-0.25, -0.2) is 5.84 Å². The van der Waals surface area contributed by atoms with Crippen molar-refractivity contribution in [1.29, 1.82) is 0 Å². The minimum atomic E-state index is 0.574. The molecule has 0 aliphatic carbocycles. The van der Waals surface area contributed by atoms with E-state index >= 15 is 0 Å². The predicted octanol–water partition coefficient (Wildman–Crippen LogP) is -0.724. The molecule has 0 atom stereocenters. The van der Waals surface area contributed by atoms with Gasteiger partial charge >= 0.3 is 0 Å². The average Bonchev–Trinajstić information content (AvgIpc) is 2.60. The maximum Gasteiger partial charge on any atom is 0.145 e. The summed E-state index contributed by atoms with van der Waals surface area (Å²) in [6.45, 7) is 1.15. The fraction of sp³-hybridized carbons (Fsp3) is 0.500. The molecular formula is C8H15N5O. The molecule has 78 valence electrons. The maximum atomic E-state index is 5.34. The highest BCUT2D eigenvalue weighted by Crippen LogP contribution is 1.96. The number of aryl methyl sites for hydroxylation is 1. The van der Waals surface area contributed by atoms with E-state index in [0.29, 0.717) is 19.0 Å². The third-order valence-corrected chi connectivity index (χ3v) is 1.68. The van der Waals surface area contributed by atoms with Crippen LogP contribution in [0.25, 0.3) is 0 Å². The Balaban J connectivity index is 2.66. The van der Waals surface area contributed by atoms with E-state index in [4.69, 9.17) is 10.6 Å². The molecule has 1 rings (SSSR count). The van der Waals surface area contributed by atoms with Crippen molar-refractivity contribution in [1.82, 2.24) is 15.2 Å². The van der Waals surface area contributed by atoms with Gasteiger partial charge in [-0.2, -0.15) is 5.10 Å². The van der Waals surface area contributed by atoms with Crippen LogP contribution in [0.5, 0.6) is 0 Å². The standard InChI is InChI=1S/C8H15N5O/c1-13-6-7(5-11-13)8(12-9)10-3-4-14-2/h5-6H,3-4,9H2,1-2H3,(H,10,12). The Kier molecular flexibility index (Phi) is 4.09. The van der Waals surface area contributed by atoms with Crippen LogP contribution in [0.3, 0.4) is 0 Å². The first-order chi connectivity index (χ1) is 6.77. The topological polar surface area (TPSA) is 77.5 Å². The summed E-state index contributed by atoms with van der Waals surface area (Å²) in [5.41, 5.74) is 3.40. The number of amidine groups is 1. The van der Waals surface area contributed by atoms with Crippen LogP contribution in [0.2, 0.25) is 0 Å². The number of aromatic nitrogens is 2. The van der Waals surface area contributed by atoms with Gasteiger partial charge in [0.25, 0.3) is 0 Å². The van der Waals surface area contributed by atoms with Gasteiger partial charge in [-0.05, 0) is 0 Å². The summed E-state index contributed by atoms with van der Waals surface area (Å²) in [4.78, 5) is 4.22. The summed E-state index contributed by atoms with van der Waals surface area (Å²) in [6.07, 6.45) is 3.54. The molecule has 0 saturated heterocycles. The molecule has 1 aromatic rings. The highest BCUT2D eigenvalue weighted by Gasteiger charge is 2.02. The van der Waals surface area contributed by atoms with E-state index in [1.807, 2.05) is 13.2 Å². The van der Waals surface area contributed by atoms with E-state index in [1.54, 1.807) is 18.0 Å². The molecule has 0 aliphatic heterocycles. The fourth-order valence-electron chi connectivity index (χ4n) is 1.01. The summed E-state index contributed by atoms with van der Waals surface area (Å²) in [5.74, 6) is 5.96. The van der Waals surface area contributed by atoms with Gasteiger partial charge in [-0.15, -0.1) is 0 Å². The van der Waals surface area contributed by atoms with Gasteiger partial charge in [0.1, 0.15) is 5.84 Å². The Morgan fingerprint density at radius 3 is 3.07 bits per heavy atom. The molecule has 0 aliphatic rings. The third kappa shape index (κ3) is 2.82. The molecule has 0 unspecified atom stereocenters. The number of methoxy groups -OCH3 is 1. The van der Waals surface area contributed by atoms with E-state index in [9.17, 15) is 0 Å². The lowest BCUT2D eigenvalue weighted by atomic mass is 10.3. The Bertz CT molecular complexity index is 306. The molecule has 0 spiro atoms. The molecular weight excluding hydrogens is 182 g/mol. The summed E-state index contributed by atoms with van der Waals surface area (Å²) in [5, 5.41) is 4.02. The van der Waals surface area contributed by atoms with Gasteiger partial charge < -0.3 is 10.2 Å². The molecule has 6 heteroatoms. The zero-order chi connectivity index (χ0) is 10.4. The largest absolute Gasteiger partial charge is 0.383 e. The van der Waals surface area contributed by atoms with Crippen molar-refractivity contribution < 1.29 is 4.74 Å². The molecule has 0 amide bonds. The van der Waals surface area contributed by atoms with Crippen LogP contribution >= 0.6 is 0 Å². The van der Waals surface area contributed by atoms with Gasteiger partial charge in [0.05, 0.1) is 24.9 Å². The van der Waals surface area contributed by atoms with E-state index in [1.165, 1.54) is 0 Å². The summed E-state index contributed by atoms with van der Waals surface area (Å²) in [6, 6.07) is 0. The first kappa shape index (κ1) is 10.7. The molecule has 3 N–H and O–H groups in total. The van der Waals surface area contributed by atoms with Crippen molar-refractivity contribution in [2.45, 2.75) is 0 Å². The number of nitrogens with one attached hydrogen (secondary N) is 1. The van der Waals surface area contributed by atoms with Crippen LogP contribution in [0.15, 0.2) is 17.4 Å². The maximum absolute atomic E-state index is 5.34. The molecule has 6 nitrogen and oxygen atoms in total. The van der Waals surface area contributed by atoms with Crippen LogP contribution in [0.4, 0.5) is 0 Å². The average molecular weight is 197 g/mol. The number of nitrogens with zero attached hydrogens (tertiary/aromatic N) is 3. The zero-order valence-corrected chi connectivity index (χ0v) is 8.40. The third-order valence-electron chi connectivity index (χ3n) is 1.68. The van der Waals surface area contributed by atoms with Crippen LogP contribution < -0.4 is 11.3 Å². The van der Waals surface area contributed by atoms with Crippen molar-refractivity contribution in [3.05, 3.63) is 18.0 Å². The van der Waals surface area contributed by atoms with Crippen molar-refractivity contribution in [2.24, 2.45) is 17.9 Å². The minimum absolute atomic E-state index is 0.574. The first-order valence-corrected chi connectivity index (χ1v) is 4.27. The smallest absolute Gasteiger partial charge is 0.145 e. The van der Waals surface area contributed by atoms with Crippen LogP contribution in [-0.4, -0.2) is 35.9 Å². The van der Waals surface area contributed by atoms with Gasteiger partial charge in [0, 0.05) is 20.4 Å². The normalized spacial score (nSPS) is 11.8. The summed E-state index contributed by atoms with van der Waals surface area (Å²) in [7, 11) is 3.47. The lowest BCUT2D eigenvalue weighted by Gasteiger charge is -2.02. The predicted molar refractivity (Wildman–Crippen MR) is 53.8 cm³/mol. The van der Waals surface area contributed by atoms with Crippen molar-refractivity contribution in [3.8, 4) is 0 Å². The highest BCUT2D eigenvalue weighted by molar-refractivity contribution is 5.97. The highest BCUT2D eigenvalue weighted by atomic mass is 16.5. The molecule has 0 radical (unpaired) electrons. The van der Waals surface area contributed by atoms with Crippen LogP contribution in [-0.2, 0) is 11.8 Å². The molecule has 0 saturated carbocycles. The SMILES string of the molecule is COCCN=C(NN)c1cnn(C)c1. The number of nitrogens with two attached hydrogens (primary N) is 1. The minimum Gasteiger partial charge on any atom is -0.383 e. The van der Waals surface area contributed by atoms with Gasteiger partial charge in [0.2, 0.25) is 0 Å². The molecule has 0 fully saturated rings. The van der Waals surface area contributed by atoms with Crippen molar-refractivity contribution in [3.63, 3.8) is 0 Å². The summed E-state index contributed by atoms with van der Waals surface area (Å²) < 4.78 is 6.57. The van der Waals surface area contributed by atoms with Gasteiger partial charge in [-0.3, -0.25) is 9.67 Å². The second kappa shape index (κ2) is 5.36. The lowest BCUT2D eigenvalue weighted by Crippen LogP contribution is -2.31. The van der Waals surface area contributed by atoms with Crippen LogP contribution in [0.1, 0.15) is 5.56 Å². The Hall–Kier alpha value is -1.40. The first-order valence-electron chi connectivity index (χ1n) is 4.27. The number of hydrogen-bond acceptors (Lipinski definition) is 4. The van der Waals surface area contributed by atoms with Gasteiger partial charge in [0.15, 0.2) is 0 Å². The number of hydrogen-bond donors (Lipinski definition) is 2. The second-order valence-corrected chi connectivity index (χ2v) is 2.77. The Labute approximate surface area is 82.7 Å². The Morgan fingerprint density at radius 2 is 2.57 bits per heavy atom. The van der Waals surface area contributed by atoms with Gasteiger partial charge in [-0.1, -0.05) is 0 Å². The molecule has 0 bridgehead atoms. The number of aliphatic imine (C=N–C) groups is 1. The van der Waals surface area contributed by atoms with E-state index in [0.717, 1.165) is 5.56 Å². The Morgan fingerprint density at radius 1 is 1.79 bits per heavy atom.